The molecule has 0 saturated carbocycles. The Hall–Kier alpha value is -3.15. The minimum atomic E-state index is -0.778. The van der Waals surface area contributed by atoms with E-state index in [-0.39, 0.29) is 31.1 Å². The van der Waals surface area contributed by atoms with E-state index in [1.54, 1.807) is 0 Å². The molecular weight excluding hydrogens is 949 g/mol. The summed E-state index contributed by atoms with van der Waals surface area (Å²) >= 11 is 0. The van der Waals surface area contributed by atoms with Gasteiger partial charge in [0.05, 0.1) is 0 Å². The van der Waals surface area contributed by atoms with Crippen molar-refractivity contribution < 1.29 is 28.6 Å². The number of unbranched alkanes of at least 4 members (excludes halogenated alkanes) is 38. The topological polar surface area (TPSA) is 78.9 Å². The number of esters is 3. The van der Waals surface area contributed by atoms with Gasteiger partial charge >= 0.3 is 17.9 Å². The average molecular weight is 1080 g/mol. The molecule has 0 rings (SSSR count). The molecule has 0 radical (unpaired) electrons. The molecule has 6 heteroatoms. The van der Waals surface area contributed by atoms with Crippen molar-refractivity contribution in [3.05, 3.63) is 72.9 Å². The lowest BCUT2D eigenvalue weighted by atomic mass is 10.0. The van der Waals surface area contributed by atoms with E-state index in [2.05, 4.69) is 93.7 Å². The average Bonchev–Trinajstić information content (AvgIpc) is 3.43. The number of allylic oxidation sites excluding steroid dienone is 12. The third-order valence-corrected chi connectivity index (χ3v) is 14.7. The Bertz CT molecular complexity index is 1420. The summed E-state index contributed by atoms with van der Waals surface area (Å²) in [4.78, 5) is 38.2. The molecule has 0 aromatic carbocycles. The van der Waals surface area contributed by atoms with Crippen LogP contribution >= 0.6 is 0 Å². The van der Waals surface area contributed by atoms with E-state index in [1.807, 2.05) is 0 Å². The quantitative estimate of drug-likeness (QED) is 0.0261. The fourth-order valence-electron chi connectivity index (χ4n) is 9.70. The molecule has 446 valence electrons. The van der Waals surface area contributed by atoms with Gasteiger partial charge in [0.2, 0.25) is 0 Å². The van der Waals surface area contributed by atoms with Gasteiger partial charge in [0, 0.05) is 19.3 Å². The molecule has 0 aromatic heterocycles. The summed E-state index contributed by atoms with van der Waals surface area (Å²) in [7, 11) is 0. The van der Waals surface area contributed by atoms with Gasteiger partial charge in [-0.25, -0.2) is 0 Å². The molecule has 0 saturated heterocycles. The number of ether oxygens (including phenoxy) is 3. The van der Waals surface area contributed by atoms with E-state index >= 15 is 0 Å². The summed E-state index contributed by atoms with van der Waals surface area (Å²) in [5.41, 5.74) is 0. The fraction of sp³-hybridized carbons (Fsp3) is 0.789. The minimum absolute atomic E-state index is 0.0757. The largest absolute Gasteiger partial charge is 0.462 e. The first-order valence-electron chi connectivity index (χ1n) is 33.4. The lowest BCUT2D eigenvalue weighted by Crippen LogP contribution is -2.30. The van der Waals surface area contributed by atoms with Crippen LogP contribution in [0.4, 0.5) is 0 Å². The zero-order chi connectivity index (χ0) is 55.7. The summed E-state index contributed by atoms with van der Waals surface area (Å²) in [5, 5.41) is 0. The van der Waals surface area contributed by atoms with E-state index in [9.17, 15) is 14.4 Å². The van der Waals surface area contributed by atoms with Crippen LogP contribution in [-0.4, -0.2) is 37.2 Å². The summed E-state index contributed by atoms with van der Waals surface area (Å²) in [5.74, 6) is -0.873. The van der Waals surface area contributed by atoms with Crippen LogP contribution in [0.3, 0.4) is 0 Å². The SMILES string of the molecule is CC/C=C\C/C=C\C/C=C\C/C=C\CCCCCCCCCCCCCCCCCCCCCCC(=O)OCC(COC(=O)CCCCCCCCCCCC)OC(=O)CCCCCCC/C=C\C/C=C\CCCCCC. The van der Waals surface area contributed by atoms with E-state index in [4.69, 9.17) is 14.2 Å². The first kappa shape index (κ1) is 73.8. The van der Waals surface area contributed by atoms with Crippen LogP contribution in [-0.2, 0) is 28.6 Å². The van der Waals surface area contributed by atoms with E-state index in [0.29, 0.717) is 19.3 Å². The van der Waals surface area contributed by atoms with Crippen LogP contribution in [0.2, 0.25) is 0 Å². The Morgan fingerprint density at radius 3 is 0.805 bits per heavy atom. The molecule has 0 amide bonds. The van der Waals surface area contributed by atoms with Crippen molar-refractivity contribution in [1.29, 1.82) is 0 Å². The van der Waals surface area contributed by atoms with Crippen LogP contribution in [0, 0.1) is 0 Å². The van der Waals surface area contributed by atoms with Gasteiger partial charge in [0.25, 0.3) is 0 Å². The summed E-state index contributed by atoms with van der Waals surface area (Å²) < 4.78 is 16.9. The van der Waals surface area contributed by atoms with Gasteiger partial charge in [0.15, 0.2) is 6.10 Å². The molecular formula is C71H126O6. The third-order valence-electron chi connectivity index (χ3n) is 14.7. The van der Waals surface area contributed by atoms with Crippen molar-refractivity contribution in [2.75, 3.05) is 13.2 Å². The van der Waals surface area contributed by atoms with E-state index in [0.717, 1.165) is 109 Å². The van der Waals surface area contributed by atoms with Crippen LogP contribution in [0.25, 0.3) is 0 Å². The van der Waals surface area contributed by atoms with E-state index in [1.165, 1.54) is 193 Å². The minimum Gasteiger partial charge on any atom is -0.462 e. The monoisotopic (exact) mass is 1070 g/mol. The third kappa shape index (κ3) is 63.6. The van der Waals surface area contributed by atoms with Crippen molar-refractivity contribution in [1.82, 2.24) is 0 Å². The molecule has 0 spiro atoms. The van der Waals surface area contributed by atoms with Gasteiger partial charge in [-0.2, -0.15) is 0 Å². The van der Waals surface area contributed by atoms with Crippen LogP contribution < -0.4 is 0 Å². The number of hydrogen-bond acceptors (Lipinski definition) is 6. The van der Waals surface area contributed by atoms with Gasteiger partial charge in [-0.05, 0) is 89.9 Å². The van der Waals surface area contributed by atoms with Crippen molar-refractivity contribution in [2.24, 2.45) is 0 Å². The van der Waals surface area contributed by atoms with Gasteiger partial charge in [-0.1, -0.05) is 306 Å². The summed E-state index contributed by atoms with van der Waals surface area (Å²) in [6.07, 6.45) is 85.1. The van der Waals surface area contributed by atoms with Gasteiger partial charge in [-0.3, -0.25) is 14.4 Å². The maximum Gasteiger partial charge on any atom is 0.306 e. The zero-order valence-corrected chi connectivity index (χ0v) is 51.2. The number of rotatable bonds is 61. The maximum atomic E-state index is 12.9. The highest BCUT2D eigenvalue weighted by molar-refractivity contribution is 5.71. The Kier molecular flexibility index (Phi) is 62.7. The van der Waals surface area contributed by atoms with Gasteiger partial charge < -0.3 is 14.2 Å². The first-order chi connectivity index (χ1) is 38.0. The molecule has 1 atom stereocenters. The molecule has 0 aromatic rings. The molecule has 1 unspecified atom stereocenters. The molecule has 0 aliphatic heterocycles. The van der Waals surface area contributed by atoms with Crippen molar-refractivity contribution >= 4 is 17.9 Å². The van der Waals surface area contributed by atoms with E-state index < -0.39 is 6.10 Å². The maximum absolute atomic E-state index is 12.9. The Labute approximate surface area is 478 Å². The number of carbonyl (C=O) groups is 3. The highest BCUT2D eigenvalue weighted by Crippen LogP contribution is 2.17. The lowest BCUT2D eigenvalue weighted by Gasteiger charge is -2.18. The number of carbonyl (C=O) groups excluding carboxylic acids is 3. The molecule has 0 N–H and O–H groups in total. The summed E-state index contributed by atoms with van der Waals surface area (Å²) in [6, 6.07) is 0. The molecule has 0 aliphatic rings. The lowest BCUT2D eigenvalue weighted by molar-refractivity contribution is -0.167. The second kappa shape index (κ2) is 65.4. The Morgan fingerprint density at radius 1 is 0.273 bits per heavy atom. The molecule has 0 bridgehead atoms. The smallest absolute Gasteiger partial charge is 0.306 e. The predicted octanol–water partition coefficient (Wildman–Crippen LogP) is 22.9. The number of hydrogen-bond donors (Lipinski definition) is 0. The molecule has 0 fully saturated rings. The molecule has 77 heavy (non-hydrogen) atoms. The Morgan fingerprint density at radius 2 is 0.506 bits per heavy atom. The fourth-order valence-corrected chi connectivity index (χ4v) is 9.70. The summed E-state index contributed by atoms with van der Waals surface area (Å²) in [6.45, 7) is 6.52. The zero-order valence-electron chi connectivity index (χ0n) is 51.2. The van der Waals surface area contributed by atoms with Gasteiger partial charge in [0.1, 0.15) is 13.2 Å². The predicted molar refractivity (Wildman–Crippen MR) is 335 cm³/mol. The van der Waals surface area contributed by atoms with Crippen molar-refractivity contribution in [3.8, 4) is 0 Å². The highest BCUT2D eigenvalue weighted by atomic mass is 16.6. The second-order valence-corrected chi connectivity index (χ2v) is 22.4. The Balaban J connectivity index is 4.08. The molecule has 0 aliphatic carbocycles. The van der Waals surface area contributed by atoms with Crippen LogP contribution in [0.15, 0.2) is 72.9 Å². The highest BCUT2D eigenvalue weighted by Gasteiger charge is 2.19. The first-order valence-corrected chi connectivity index (χ1v) is 33.4. The molecule has 6 nitrogen and oxygen atoms in total. The van der Waals surface area contributed by atoms with Crippen LogP contribution in [0.1, 0.15) is 342 Å². The van der Waals surface area contributed by atoms with Gasteiger partial charge in [-0.15, -0.1) is 0 Å². The molecule has 0 heterocycles. The second-order valence-electron chi connectivity index (χ2n) is 22.4. The standard InChI is InChI=1S/C71H126O6/c1-4-7-10-13-16-19-22-24-26-28-29-30-31-32-33-34-35-36-37-38-39-40-41-42-43-44-46-47-49-52-55-58-61-64-70(73)76-67-68(66-75-69(72)63-60-57-54-51-21-18-15-12-9-6-3)77-71(74)65-62-59-56-53-50-48-45-27-25-23-20-17-14-11-8-5-2/h7,10,16,19-20,23-24,26-27,29-30,45,68H,4-6,8-9,11-15,17-18,21-22,25,28,31-44,46-67H2,1-3H3/b10-7-,19-16-,23-20-,26-24-,30-29-,45-27-. The van der Waals surface area contributed by atoms with Crippen molar-refractivity contribution in [2.45, 2.75) is 348 Å². The normalized spacial score (nSPS) is 12.5. The van der Waals surface area contributed by atoms with Crippen molar-refractivity contribution in [3.63, 3.8) is 0 Å². The van der Waals surface area contributed by atoms with Crippen LogP contribution in [0.5, 0.6) is 0 Å².